The van der Waals surface area contributed by atoms with E-state index < -0.39 is 6.10 Å². The molecule has 0 aliphatic heterocycles. The van der Waals surface area contributed by atoms with Crippen molar-refractivity contribution in [2.75, 3.05) is 19.8 Å². The van der Waals surface area contributed by atoms with Gasteiger partial charge in [0, 0.05) is 19.4 Å². The molecular weight excluding hydrogens is 693 g/mol. The van der Waals surface area contributed by atoms with Crippen molar-refractivity contribution >= 4 is 11.9 Å². The smallest absolute Gasteiger partial charge is 0.306 e. The van der Waals surface area contributed by atoms with Gasteiger partial charge in [0.05, 0.1) is 6.61 Å². The molecule has 0 aliphatic rings. The van der Waals surface area contributed by atoms with Gasteiger partial charge in [-0.15, -0.1) is 0 Å². The van der Waals surface area contributed by atoms with Crippen LogP contribution >= 0.6 is 0 Å². The largest absolute Gasteiger partial charge is 0.462 e. The van der Waals surface area contributed by atoms with E-state index >= 15 is 0 Å². The third-order valence-corrected chi connectivity index (χ3v) is 11.3. The SMILES string of the molecule is CCCCCCCC/C=C\CCCCCCCCOCC(COC(=O)CCCCCCCCCCCCCCCCC)OC(=O)CCCCCCCCCCC. The van der Waals surface area contributed by atoms with Crippen molar-refractivity contribution in [3.63, 3.8) is 0 Å². The van der Waals surface area contributed by atoms with Crippen LogP contribution in [0.3, 0.4) is 0 Å². The van der Waals surface area contributed by atoms with Gasteiger partial charge in [-0.3, -0.25) is 9.59 Å². The minimum absolute atomic E-state index is 0.0917. The Bertz CT molecular complexity index is 810. The zero-order chi connectivity index (χ0) is 40.7. The van der Waals surface area contributed by atoms with Crippen molar-refractivity contribution in [2.45, 2.75) is 284 Å². The highest BCUT2D eigenvalue weighted by molar-refractivity contribution is 5.70. The Kier molecular flexibility index (Phi) is 46.8. The summed E-state index contributed by atoms with van der Waals surface area (Å²) in [6, 6.07) is 0. The summed E-state index contributed by atoms with van der Waals surface area (Å²) in [5, 5.41) is 0. The van der Waals surface area contributed by atoms with Gasteiger partial charge < -0.3 is 14.2 Å². The van der Waals surface area contributed by atoms with Crippen LogP contribution in [0.1, 0.15) is 278 Å². The van der Waals surface area contributed by atoms with Crippen LogP contribution in [0.4, 0.5) is 0 Å². The molecule has 0 aromatic rings. The molecule has 0 saturated heterocycles. The first kappa shape index (κ1) is 54.6. The van der Waals surface area contributed by atoms with E-state index in [2.05, 4.69) is 32.9 Å². The summed E-state index contributed by atoms with van der Waals surface area (Å²) in [7, 11) is 0. The lowest BCUT2D eigenvalue weighted by atomic mass is 10.0. The Morgan fingerprint density at radius 1 is 0.375 bits per heavy atom. The number of carbonyl (C=O) groups excluding carboxylic acids is 2. The van der Waals surface area contributed by atoms with Crippen molar-refractivity contribution in [1.82, 2.24) is 0 Å². The molecule has 0 aromatic heterocycles. The average Bonchev–Trinajstić information content (AvgIpc) is 3.20. The lowest BCUT2D eigenvalue weighted by Gasteiger charge is -2.18. The Hall–Kier alpha value is -1.36. The van der Waals surface area contributed by atoms with Crippen molar-refractivity contribution < 1.29 is 23.8 Å². The van der Waals surface area contributed by atoms with Crippen LogP contribution in [0, 0.1) is 0 Å². The number of esters is 2. The van der Waals surface area contributed by atoms with Crippen LogP contribution in [0.15, 0.2) is 12.2 Å². The van der Waals surface area contributed by atoms with Crippen LogP contribution in [-0.2, 0) is 23.8 Å². The van der Waals surface area contributed by atoms with Crippen LogP contribution in [-0.4, -0.2) is 37.9 Å². The van der Waals surface area contributed by atoms with Gasteiger partial charge in [-0.1, -0.05) is 232 Å². The summed E-state index contributed by atoms with van der Waals surface area (Å²) >= 11 is 0. The Morgan fingerprint density at radius 2 is 0.696 bits per heavy atom. The molecular formula is C51H98O5. The fraction of sp³-hybridized carbons (Fsp3) is 0.922. The van der Waals surface area contributed by atoms with E-state index in [4.69, 9.17) is 14.2 Å². The second kappa shape index (κ2) is 48.0. The maximum Gasteiger partial charge on any atom is 0.306 e. The van der Waals surface area contributed by atoms with E-state index in [1.54, 1.807) is 0 Å². The number of hydrogen-bond acceptors (Lipinski definition) is 5. The molecule has 0 radical (unpaired) electrons. The predicted octanol–water partition coefficient (Wildman–Crippen LogP) is 16.7. The minimum atomic E-state index is -0.528. The molecule has 0 heterocycles. The molecule has 0 aromatic carbocycles. The molecule has 0 amide bonds. The molecule has 0 rings (SSSR count). The van der Waals surface area contributed by atoms with Gasteiger partial charge in [-0.2, -0.15) is 0 Å². The van der Waals surface area contributed by atoms with Crippen LogP contribution < -0.4 is 0 Å². The van der Waals surface area contributed by atoms with Crippen molar-refractivity contribution in [1.29, 1.82) is 0 Å². The number of hydrogen-bond donors (Lipinski definition) is 0. The highest BCUT2D eigenvalue weighted by Gasteiger charge is 2.17. The topological polar surface area (TPSA) is 61.8 Å². The number of ether oxygens (including phenoxy) is 3. The molecule has 1 unspecified atom stereocenters. The number of carbonyl (C=O) groups is 2. The molecule has 0 saturated carbocycles. The predicted molar refractivity (Wildman–Crippen MR) is 242 cm³/mol. The number of rotatable bonds is 47. The first-order valence-electron chi connectivity index (χ1n) is 25.2. The molecule has 5 nitrogen and oxygen atoms in total. The molecule has 0 bridgehead atoms. The zero-order valence-electron chi connectivity index (χ0n) is 38.2. The monoisotopic (exact) mass is 791 g/mol. The summed E-state index contributed by atoms with van der Waals surface area (Å²) in [4.78, 5) is 25.3. The molecule has 56 heavy (non-hydrogen) atoms. The van der Waals surface area contributed by atoms with E-state index in [1.807, 2.05) is 0 Å². The van der Waals surface area contributed by atoms with E-state index in [1.165, 1.54) is 205 Å². The highest BCUT2D eigenvalue weighted by atomic mass is 16.6. The summed E-state index contributed by atoms with van der Waals surface area (Å²) in [6.07, 6.45) is 53.6. The van der Waals surface area contributed by atoms with Crippen molar-refractivity contribution in [3.05, 3.63) is 12.2 Å². The van der Waals surface area contributed by atoms with Gasteiger partial charge in [-0.25, -0.2) is 0 Å². The quantitative estimate of drug-likeness (QED) is 0.0349. The normalized spacial score (nSPS) is 12.1. The number of unbranched alkanes of at least 4 members (excludes halogenated alkanes) is 34. The van der Waals surface area contributed by atoms with Crippen molar-refractivity contribution in [3.8, 4) is 0 Å². The third-order valence-electron chi connectivity index (χ3n) is 11.3. The van der Waals surface area contributed by atoms with E-state index in [0.717, 1.165) is 38.5 Å². The first-order valence-corrected chi connectivity index (χ1v) is 25.2. The summed E-state index contributed by atoms with van der Waals surface area (Å²) < 4.78 is 17.4. The fourth-order valence-corrected chi connectivity index (χ4v) is 7.51. The molecule has 5 heteroatoms. The fourth-order valence-electron chi connectivity index (χ4n) is 7.51. The summed E-state index contributed by atoms with van der Waals surface area (Å²) in [5.41, 5.74) is 0. The molecule has 0 aliphatic carbocycles. The minimum Gasteiger partial charge on any atom is -0.462 e. The molecule has 0 N–H and O–H groups in total. The maximum atomic E-state index is 12.7. The molecule has 1 atom stereocenters. The van der Waals surface area contributed by atoms with E-state index in [-0.39, 0.29) is 18.5 Å². The van der Waals surface area contributed by atoms with Crippen LogP contribution in [0.25, 0.3) is 0 Å². The molecule has 0 fully saturated rings. The van der Waals surface area contributed by atoms with Gasteiger partial charge in [-0.05, 0) is 44.9 Å². The summed E-state index contributed by atoms with van der Waals surface area (Å²) in [6.45, 7) is 7.85. The van der Waals surface area contributed by atoms with Crippen molar-refractivity contribution in [2.24, 2.45) is 0 Å². The first-order chi connectivity index (χ1) is 27.6. The lowest BCUT2D eigenvalue weighted by Crippen LogP contribution is -2.30. The summed E-state index contributed by atoms with van der Waals surface area (Å²) in [5.74, 6) is -0.384. The van der Waals surface area contributed by atoms with Gasteiger partial charge in [0.25, 0.3) is 0 Å². The van der Waals surface area contributed by atoms with Gasteiger partial charge in [0.2, 0.25) is 0 Å². The highest BCUT2D eigenvalue weighted by Crippen LogP contribution is 2.16. The Labute approximate surface area is 350 Å². The van der Waals surface area contributed by atoms with Gasteiger partial charge in [0.15, 0.2) is 6.10 Å². The Morgan fingerprint density at radius 3 is 1.09 bits per heavy atom. The van der Waals surface area contributed by atoms with Gasteiger partial charge >= 0.3 is 11.9 Å². The Balaban J connectivity index is 4.15. The van der Waals surface area contributed by atoms with Gasteiger partial charge in [0.1, 0.15) is 6.61 Å². The second-order valence-corrected chi connectivity index (χ2v) is 17.1. The molecule has 332 valence electrons. The maximum absolute atomic E-state index is 12.7. The van der Waals surface area contributed by atoms with E-state index in [9.17, 15) is 9.59 Å². The zero-order valence-corrected chi connectivity index (χ0v) is 38.2. The average molecular weight is 791 g/mol. The van der Waals surface area contributed by atoms with Crippen LogP contribution in [0.5, 0.6) is 0 Å². The van der Waals surface area contributed by atoms with E-state index in [0.29, 0.717) is 26.1 Å². The second-order valence-electron chi connectivity index (χ2n) is 17.1. The lowest BCUT2D eigenvalue weighted by molar-refractivity contribution is -0.163. The third kappa shape index (κ3) is 45.3. The number of allylic oxidation sites excluding steroid dienone is 2. The standard InChI is InChI=1S/C51H98O5/c1-4-7-10-13-16-19-21-23-25-27-29-31-34-37-40-43-46-54-47-49(56-51(53)45-42-39-36-32-18-15-12-9-6-3)48-55-50(52)44-41-38-35-33-30-28-26-24-22-20-17-14-11-8-5-2/h23,25,49H,4-22,24,26-48H2,1-3H3/b25-23-. The molecule has 0 spiro atoms. The van der Waals surface area contributed by atoms with Crippen LogP contribution in [0.2, 0.25) is 0 Å².